The van der Waals surface area contributed by atoms with E-state index >= 15 is 0 Å². The van der Waals surface area contributed by atoms with Crippen molar-refractivity contribution in [1.82, 2.24) is 15.1 Å². The number of carbonyl (C=O) groups is 1. The van der Waals surface area contributed by atoms with E-state index in [4.69, 9.17) is 5.73 Å². The first-order chi connectivity index (χ1) is 8.11. The summed E-state index contributed by atoms with van der Waals surface area (Å²) in [5.74, 6) is -0.215. The molecule has 2 aromatic rings. The van der Waals surface area contributed by atoms with Crippen LogP contribution in [-0.4, -0.2) is 22.7 Å². The maximum absolute atomic E-state index is 11.4. The molecule has 0 atom stereocenters. The third-order valence-corrected chi connectivity index (χ3v) is 2.96. The lowest BCUT2D eigenvalue weighted by molar-refractivity contribution is 0.0957. The van der Waals surface area contributed by atoms with Gasteiger partial charge in [0.1, 0.15) is 0 Å². The van der Waals surface area contributed by atoms with Gasteiger partial charge in [-0.25, -0.2) is 4.68 Å². The predicted molar refractivity (Wildman–Crippen MR) is 74.1 cm³/mol. The summed E-state index contributed by atoms with van der Waals surface area (Å²) in [6, 6.07) is 7.32. The number of nitrogens with zero attached hydrogens (tertiary/aromatic N) is 2. The van der Waals surface area contributed by atoms with E-state index in [9.17, 15) is 4.79 Å². The molecule has 0 unspecified atom stereocenters. The fourth-order valence-corrected chi connectivity index (χ4v) is 1.96. The first-order valence-corrected chi connectivity index (χ1v) is 6.03. The van der Waals surface area contributed by atoms with E-state index in [-0.39, 0.29) is 5.91 Å². The summed E-state index contributed by atoms with van der Waals surface area (Å²) in [5.41, 5.74) is 7.66. The number of nitrogens with two attached hydrogens (primary N) is 1. The van der Waals surface area contributed by atoms with Gasteiger partial charge in [-0.2, -0.15) is 5.10 Å². The monoisotopic (exact) mass is 342 g/mol. The van der Waals surface area contributed by atoms with Crippen LogP contribution in [0.25, 0.3) is 5.69 Å². The van der Waals surface area contributed by atoms with Crippen LogP contribution in [0.3, 0.4) is 0 Å². The summed E-state index contributed by atoms with van der Waals surface area (Å²) < 4.78 is 2.65. The van der Waals surface area contributed by atoms with Gasteiger partial charge in [-0.3, -0.25) is 4.79 Å². The van der Waals surface area contributed by atoms with Gasteiger partial charge < -0.3 is 11.1 Å². The number of amides is 1. The van der Waals surface area contributed by atoms with Crippen molar-refractivity contribution in [3.05, 3.63) is 39.7 Å². The number of carbonyl (C=O) groups excluding carboxylic acids is 1. The predicted octanol–water partition coefficient (Wildman–Crippen LogP) is 1.42. The number of anilines is 1. The fraction of sp³-hybridized carbons (Fsp3) is 0.0909. The van der Waals surface area contributed by atoms with E-state index in [1.807, 2.05) is 18.2 Å². The Balaban J connectivity index is 2.40. The molecule has 1 heterocycles. The zero-order chi connectivity index (χ0) is 12.4. The number of benzene rings is 1. The molecule has 0 fully saturated rings. The molecule has 0 bridgehead atoms. The van der Waals surface area contributed by atoms with E-state index in [0.29, 0.717) is 11.4 Å². The highest BCUT2D eigenvalue weighted by molar-refractivity contribution is 14.1. The minimum absolute atomic E-state index is 0.215. The second-order valence-electron chi connectivity index (χ2n) is 3.43. The highest BCUT2D eigenvalue weighted by Crippen LogP contribution is 2.19. The standard InChI is InChI=1S/C11H11IN4O/c1-14-11(17)9-4-5-16(15-9)10-3-2-7(12)6-8(10)13/h2-6H,13H2,1H3,(H,14,17). The van der Waals surface area contributed by atoms with E-state index in [1.165, 1.54) is 0 Å². The summed E-state index contributed by atoms with van der Waals surface area (Å²) in [7, 11) is 1.57. The highest BCUT2D eigenvalue weighted by atomic mass is 127. The number of hydrogen-bond acceptors (Lipinski definition) is 3. The van der Waals surface area contributed by atoms with E-state index < -0.39 is 0 Å². The first-order valence-electron chi connectivity index (χ1n) is 4.95. The molecule has 0 aliphatic rings. The van der Waals surface area contributed by atoms with Gasteiger partial charge in [0.2, 0.25) is 0 Å². The number of halogens is 1. The maximum atomic E-state index is 11.4. The van der Waals surface area contributed by atoms with Crippen LogP contribution >= 0.6 is 22.6 Å². The van der Waals surface area contributed by atoms with Gasteiger partial charge in [-0.15, -0.1) is 0 Å². The van der Waals surface area contributed by atoms with Crippen LogP contribution in [-0.2, 0) is 0 Å². The van der Waals surface area contributed by atoms with Crippen molar-refractivity contribution in [3.63, 3.8) is 0 Å². The van der Waals surface area contributed by atoms with Crippen LogP contribution in [0.15, 0.2) is 30.5 Å². The van der Waals surface area contributed by atoms with Gasteiger partial charge in [-0.1, -0.05) is 0 Å². The van der Waals surface area contributed by atoms with Crippen LogP contribution in [0.5, 0.6) is 0 Å². The van der Waals surface area contributed by atoms with E-state index in [0.717, 1.165) is 9.26 Å². The Labute approximate surface area is 112 Å². The van der Waals surface area contributed by atoms with Crippen LogP contribution in [0.1, 0.15) is 10.5 Å². The largest absolute Gasteiger partial charge is 0.397 e. The lowest BCUT2D eigenvalue weighted by atomic mass is 10.3. The third-order valence-electron chi connectivity index (χ3n) is 2.29. The first kappa shape index (κ1) is 11.9. The molecule has 0 aliphatic carbocycles. The minimum Gasteiger partial charge on any atom is -0.397 e. The molecule has 1 aromatic heterocycles. The summed E-state index contributed by atoms with van der Waals surface area (Å²) >= 11 is 2.19. The lowest BCUT2D eigenvalue weighted by Gasteiger charge is -2.05. The summed E-state index contributed by atoms with van der Waals surface area (Å²) in [5, 5.41) is 6.69. The smallest absolute Gasteiger partial charge is 0.271 e. The molecule has 0 spiro atoms. The zero-order valence-electron chi connectivity index (χ0n) is 9.14. The third kappa shape index (κ3) is 2.41. The van der Waals surface area contributed by atoms with Crippen molar-refractivity contribution in [1.29, 1.82) is 0 Å². The second kappa shape index (κ2) is 4.74. The lowest BCUT2D eigenvalue weighted by Crippen LogP contribution is -2.18. The quantitative estimate of drug-likeness (QED) is 0.640. The molecule has 0 saturated carbocycles. The molecule has 2 rings (SSSR count). The van der Waals surface area contributed by atoms with Crippen LogP contribution < -0.4 is 11.1 Å². The van der Waals surface area contributed by atoms with Gasteiger partial charge in [0.05, 0.1) is 11.4 Å². The Kier molecular flexibility index (Phi) is 3.32. The molecule has 5 nitrogen and oxygen atoms in total. The number of rotatable bonds is 2. The van der Waals surface area contributed by atoms with Crippen molar-refractivity contribution >= 4 is 34.2 Å². The Hall–Kier alpha value is -1.57. The highest BCUT2D eigenvalue weighted by Gasteiger charge is 2.09. The molecule has 3 N–H and O–H groups in total. The number of nitrogen functional groups attached to an aromatic ring is 1. The molecule has 0 saturated heterocycles. The van der Waals surface area contributed by atoms with Crippen LogP contribution in [0.4, 0.5) is 5.69 Å². The Morgan fingerprint density at radius 1 is 1.47 bits per heavy atom. The average Bonchev–Trinajstić information content (AvgIpc) is 2.77. The molecular weight excluding hydrogens is 331 g/mol. The Morgan fingerprint density at radius 2 is 2.24 bits per heavy atom. The Bertz CT molecular complexity index is 564. The average molecular weight is 342 g/mol. The van der Waals surface area contributed by atoms with E-state index in [1.54, 1.807) is 24.0 Å². The van der Waals surface area contributed by atoms with Gasteiger partial charge in [0, 0.05) is 16.8 Å². The van der Waals surface area contributed by atoms with Gasteiger partial charge in [0.15, 0.2) is 5.69 Å². The zero-order valence-corrected chi connectivity index (χ0v) is 11.3. The van der Waals surface area contributed by atoms with Crippen molar-refractivity contribution in [2.75, 3.05) is 12.8 Å². The molecule has 17 heavy (non-hydrogen) atoms. The maximum Gasteiger partial charge on any atom is 0.271 e. The van der Waals surface area contributed by atoms with E-state index in [2.05, 4.69) is 33.0 Å². The van der Waals surface area contributed by atoms with Crippen molar-refractivity contribution in [3.8, 4) is 5.69 Å². The fourth-order valence-electron chi connectivity index (χ4n) is 1.44. The topological polar surface area (TPSA) is 72.9 Å². The number of nitrogens with one attached hydrogen (secondary N) is 1. The summed E-state index contributed by atoms with van der Waals surface area (Å²) in [6.45, 7) is 0. The normalized spacial score (nSPS) is 10.2. The SMILES string of the molecule is CNC(=O)c1ccn(-c2ccc(I)cc2N)n1. The molecule has 1 amide bonds. The number of hydrogen-bond donors (Lipinski definition) is 2. The van der Waals surface area contributed by atoms with Gasteiger partial charge in [-0.05, 0) is 46.9 Å². The Morgan fingerprint density at radius 3 is 2.88 bits per heavy atom. The van der Waals surface area contributed by atoms with Crippen molar-refractivity contribution in [2.24, 2.45) is 0 Å². The molecular formula is C11H11IN4O. The molecule has 6 heteroatoms. The summed E-state index contributed by atoms with van der Waals surface area (Å²) in [6.07, 6.45) is 1.71. The van der Waals surface area contributed by atoms with Crippen molar-refractivity contribution < 1.29 is 4.79 Å². The van der Waals surface area contributed by atoms with Crippen LogP contribution in [0.2, 0.25) is 0 Å². The van der Waals surface area contributed by atoms with Gasteiger partial charge >= 0.3 is 0 Å². The molecule has 0 radical (unpaired) electrons. The van der Waals surface area contributed by atoms with Crippen LogP contribution in [0, 0.1) is 3.57 Å². The second-order valence-corrected chi connectivity index (χ2v) is 4.67. The van der Waals surface area contributed by atoms with Crippen molar-refractivity contribution in [2.45, 2.75) is 0 Å². The molecule has 1 aromatic carbocycles. The molecule has 88 valence electrons. The minimum atomic E-state index is -0.215. The molecule has 0 aliphatic heterocycles. The summed E-state index contributed by atoms with van der Waals surface area (Å²) in [4.78, 5) is 11.4. The van der Waals surface area contributed by atoms with Gasteiger partial charge in [0.25, 0.3) is 5.91 Å². The number of aromatic nitrogens is 2.